The molecule has 0 bridgehead atoms. The molecule has 1 aromatic heterocycles. The van der Waals surface area contributed by atoms with Gasteiger partial charge in [-0.1, -0.05) is 75.4 Å². The van der Waals surface area contributed by atoms with E-state index in [1.165, 1.54) is 10.8 Å². The van der Waals surface area contributed by atoms with Gasteiger partial charge in [-0.2, -0.15) is 0 Å². The molecule has 1 heterocycles. The zero-order chi connectivity index (χ0) is 16.7. The van der Waals surface area contributed by atoms with Gasteiger partial charge in [0.05, 0.1) is 11.2 Å². The van der Waals surface area contributed by atoms with Crippen molar-refractivity contribution in [1.29, 1.82) is 0 Å². The molecule has 0 aliphatic carbocycles. The zero-order valence-corrected chi connectivity index (χ0v) is 14.2. The quantitative estimate of drug-likeness (QED) is 0.447. The summed E-state index contributed by atoms with van der Waals surface area (Å²) in [7, 11) is 0. The van der Waals surface area contributed by atoms with Gasteiger partial charge in [-0.05, 0) is 22.9 Å². The molecule has 4 rings (SSSR count). The minimum absolute atomic E-state index is 0.0877. The van der Waals surface area contributed by atoms with Crippen LogP contribution in [0.3, 0.4) is 0 Å². The van der Waals surface area contributed by atoms with Gasteiger partial charge < -0.3 is 0 Å². The molecule has 24 heavy (non-hydrogen) atoms. The molecular weight excluding hydrogens is 292 g/mol. The minimum atomic E-state index is -0.0877. The zero-order valence-electron chi connectivity index (χ0n) is 14.2. The molecule has 0 saturated carbocycles. The fraction of sp³-hybridized carbons (Fsp3) is 0.182. The summed E-state index contributed by atoms with van der Waals surface area (Å²) in [6, 6.07) is 23.2. The molecule has 0 radical (unpaired) electrons. The number of hydrogen-bond donors (Lipinski definition) is 0. The molecule has 0 unspecified atom stereocenters. The monoisotopic (exact) mass is 312 g/mol. The number of hydrogen-bond acceptors (Lipinski definition) is 2. The van der Waals surface area contributed by atoms with Crippen molar-refractivity contribution in [2.45, 2.75) is 26.2 Å². The second-order valence-corrected chi connectivity index (χ2v) is 7.22. The van der Waals surface area contributed by atoms with Crippen LogP contribution in [-0.4, -0.2) is 9.97 Å². The summed E-state index contributed by atoms with van der Waals surface area (Å²) in [6.07, 6.45) is 0. The van der Waals surface area contributed by atoms with E-state index in [0.717, 1.165) is 28.0 Å². The van der Waals surface area contributed by atoms with E-state index in [-0.39, 0.29) is 5.41 Å². The Morgan fingerprint density at radius 1 is 0.708 bits per heavy atom. The molecule has 0 N–H and O–H groups in total. The summed E-state index contributed by atoms with van der Waals surface area (Å²) in [4.78, 5) is 9.72. The lowest BCUT2D eigenvalue weighted by molar-refractivity contribution is 0.549. The van der Waals surface area contributed by atoms with Crippen LogP contribution in [-0.2, 0) is 5.41 Å². The third-order valence-corrected chi connectivity index (χ3v) is 4.30. The van der Waals surface area contributed by atoms with Gasteiger partial charge in [0, 0.05) is 16.4 Å². The number of nitrogens with zero attached hydrogens (tertiary/aromatic N) is 2. The second-order valence-electron chi connectivity index (χ2n) is 7.22. The van der Waals surface area contributed by atoms with Gasteiger partial charge in [0.15, 0.2) is 0 Å². The first-order chi connectivity index (χ1) is 11.5. The van der Waals surface area contributed by atoms with Gasteiger partial charge in [-0.25, -0.2) is 9.97 Å². The first-order valence-electron chi connectivity index (χ1n) is 8.29. The number of para-hydroxylation sites is 1. The van der Waals surface area contributed by atoms with Crippen LogP contribution >= 0.6 is 0 Å². The summed E-state index contributed by atoms with van der Waals surface area (Å²) >= 11 is 0. The molecular formula is C22H20N2. The van der Waals surface area contributed by atoms with E-state index in [1.54, 1.807) is 0 Å². The van der Waals surface area contributed by atoms with E-state index in [1.807, 2.05) is 12.1 Å². The SMILES string of the molecule is CC(C)(C)c1nc(-c2ccc3ccccc3c2)c2ccccc2n1. The number of aromatic nitrogens is 2. The van der Waals surface area contributed by atoms with Gasteiger partial charge in [0.25, 0.3) is 0 Å². The van der Waals surface area contributed by atoms with Crippen molar-refractivity contribution < 1.29 is 0 Å². The highest BCUT2D eigenvalue weighted by Gasteiger charge is 2.20. The van der Waals surface area contributed by atoms with E-state index in [9.17, 15) is 0 Å². The van der Waals surface area contributed by atoms with E-state index in [0.29, 0.717) is 0 Å². The Balaban J connectivity index is 2.03. The predicted octanol–water partition coefficient (Wildman–Crippen LogP) is 5.75. The molecule has 0 aliphatic rings. The van der Waals surface area contributed by atoms with Crippen LogP contribution in [0.5, 0.6) is 0 Å². The first-order valence-corrected chi connectivity index (χ1v) is 8.29. The summed E-state index contributed by atoms with van der Waals surface area (Å²) in [5, 5.41) is 3.58. The van der Waals surface area contributed by atoms with Crippen LogP contribution in [0.4, 0.5) is 0 Å². The van der Waals surface area contributed by atoms with Crippen molar-refractivity contribution >= 4 is 21.7 Å². The number of benzene rings is 3. The smallest absolute Gasteiger partial charge is 0.135 e. The van der Waals surface area contributed by atoms with Gasteiger partial charge >= 0.3 is 0 Å². The Kier molecular flexibility index (Phi) is 3.34. The van der Waals surface area contributed by atoms with E-state index < -0.39 is 0 Å². The molecule has 3 aromatic carbocycles. The minimum Gasteiger partial charge on any atom is -0.232 e. The maximum absolute atomic E-state index is 4.94. The van der Waals surface area contributed by atoms with Crippen LogP contribution in [0.15, 0.2) is 66.7 Å². The van der Waals surface area contributed by atoms with Crippen LogP contribution in [0.1, 0.15) is 26.6 Å². The second kappa shape index (κ2) is 5.41. The average Bonchev–Trinajstić information content (AvgIpc) is 2.59. The summed E-state index contributed by atoms with van der Waals surface area (Å²) < 4.78 is 0. The topological polar surface area (TPSA) is 25.8 Å². The molecule has 118 valence electrons. The molecule has 0 saturated heterocycles. The lowest BCUT2D eigenvalue weighted by Crippen LogP contribution is -2.16. The third kappa shape index (κ3) is 2.54. The summed E-state index contributed by atoms with van der Waals surface area (Å²) in [5.41, 5.74) is 3.06. The summed E-state index contributed by atoms with van der Waals surface area (Å²) in [5.74, 6) is 0.879. The number of fused-ring (bicyclic) bond motifs is 2. The number of rotatable bonds is 1. The highest BCUT2D eigenvalue weighted by molar-refractivity contribution is 5.95. The Labute approximate surface area is 142 Å². The lowest BCUT2D eigenvalue weighted by atomic mass is 9.94. The molecule has 0 aliphatic heterocycles. The van der Waals surface area contributed by atoms with Gasteiger partial charge in [-0.3, -0.25) is 0 Å². The van der Waals surface area contributed by atoms with Crippen molar-refractivity contribution in [2.75, 3.05) is 0 Å². The summed E-state index contributed by atoms with van der Waals surface area (Å²) in [6.45, 7) is 6.46. The van der Waals surface area contributed by atoms with Crippen molar-refractivity contribution in [1.82, 2.24) is 9.97 Å². The maximum Gasteiger partial charge on any atom is 0.135 e. The van der Waals surface area contributed by atoms with Crippen LogP contribution in [0.2, 0.25) is 0 Å². The van der Waals surface area contributed by atoms with Gasteiger partial charge in [-0.15, -0.1) is 0 Å². The Morgan fingerprint density at radius 3 is 2.21 bits per heavy atom. The van der Waals surface area contributed by atoms with E-state index in [4.69, 9.17) is 9.97 Å². The molecule has 0 atom stereocenters. The molecule has 4 aromatic rings. The molecule has 0 fully saturated rings. The van der Waals surface area contributed by atoms with Crippen molar-refractivity contribution in [2.24, 2.45) is 0 Å². The molecule has 2 heteroatoms. The molecule has 0 spiro atoms. The standard InChI is InChI=1S/C22H20N2/c1-22(2,3)21-23-19-11-7-6-10-18(19)20(24-21)17-13-12-15-8-4-5-9-16(15)14-17/h4-14H,1-3H3. The van der Waals surface area contributed by atoms with Crippen molar-refractivity contribution in [3.8, 4) is 11.3 Å². The fourth-order valence-electron chi connectivity index (χ4n) is 2.97. The Bertz CT molecular complexity index is 1040. The normalized spacial score (nSPS) is 12.0. The fourth-order valence-corrected chi connectivity index (χ4v) is 2.97. The van der Waals surface area contributed by atoms with Gasteiger partial charge in [0.2, 0.25) is 0 Å². The van der Waals surface area contributed by atoms with Crippen molar-refractivity contribution in [3.63, 3.8) is 0 Å². The van der Waals surface area contributed by atoms with Crippen LogP contribution in [0.25, 0.3) is 32.9 Å². The van der Waals surface area contributed by atoms with Crippen LogP contribution < -0.4 is 0 Å². The predicted molar refractivity (Wildman–Crippen MR) is 101 cm³/mol. The highest BCUT2D eigenvalue weighted by atomic mass is 14.9. The third-order valence-electron chi connectivity index (χ3n) is 4.30. The maximum atomic E-state index is 4.94. The molecule has 2 nitrogen and oxygen atoms in total. The average molecular weight is 312 g/mol. The largest absolute Gasteiger partial charge is 0.232 e. The Morgan fingerprint density at radius 2 is 1.42 bits per heavy atom. The van der Waals surface area contributed by atoms with Crippen LogP contribution in [0, 0.1) is 0 Å². The van der Waals surface area contributed by atoms with Gasteiger partial charge in [0.1, 0.15) is 5.82 Å². The van der Waals surface area contributed by atoms with E-state index >= 15 is 0 Å². The first kappa shape index (κ1) is 14.8. The molecule has 0 amide bonds. The highest BCUT2D eigenvalue weighted by Crippen LogP contribution is 2.31. The lowest BCUT2D eigenvalue weighted by Gasteiger charge is -2.19. The van der Waals surface area contributed by atoms with E-state index in [2.05, 4.69) is 75.4 Å². The Hall–Kier alpha value is -2.74. The van der Waals surface area contributed by atoms with Crippen molar-refractivity contribution in [3.05, 3.63) is 72.6 Å².